The molecule has 0 aliphatic rings. The topological polar surface area (TPSA) is 39.8 Å². The number of aromatic nitrogens is 3. The molecule has 0 unspecified atom stereocenters. The van der Waals surface area contributed by atoms with Gasteiger partial charge in [-0.15, -0.1) is 0 Å². The van der Waals surface area contributed by atoms with E-state index in [0.29, 0.717) is 6.54 Å². The summed E-state index contributed by atoms with van der Waals surface area (Å²) in [4.78, 5) is 11.8. The minimum atomic E-state index is 0.0317. The summed E-state index contributed by atoms with van der Waals surface area (Å²) in [5.74, 6) is 0. The first-order valence-electron chi connectivity index (χ1n) is 5.79. The van der Waals surface area contributed by atoms with Crippen molar-refractivity contribution >= 4 is 0 Å². The molecule has 4 nitrogen and oxygen atoms in total. The summed E-state index contributed by atoms with van der Waals surface area (Å²) in [6.45, 7) is 4.57. The third-order valence-corrected chi connectivity index (χ3v) is 2.87. The molecule has 0 saturated carbocycles. The van der Waals surface area contributed by atoms with Crippen molar-refractivity contribution in [2.45, 2.75) is 26.8 Å². The van der Waals surface area contributed by atoms with E-state index in [1.807, 2.05) is 37.0 Å². The maximum Gasteiger partial charge on any atom is 0.251 e. The zero-order valence-electron chi connectivity index (χ0n) is 10.5. The highest BCUT2D eigenvalue weighted by molar-refractivity contribution is 5.13. The minimum Gasteiger partial charge on any atom is -0.310 e. The smallest absolute Gasteiger partial charge is 0.251 e. The Morgan fingerprint density at radius 1 is 1.35 bits per heavy atom. The summed E-state index contributed by atoms with van der Waals surface area (Å²) in [5, 5.41) is 4.37. The lowest BCUT2D eigenvalue weighted by Gasteiger charge is -2.05. The summed E-state index contributed by atoms with van der Waals surface area (Å²) in [7, 11) is 1.91. The third-order valence-electron chi connectivity index (χ3n) is 2.87. The average Bonchev–Trinajstić information content (AvgIpc) is 2.64. The quantitative estimate of drug-likeness (QED) is 0.803. The van der Waals surface area contributed by atoms with E-state index in [0.717, 1.165) is 23.4 Å². The molecule has 2 aromatic rings. The molecule has 0 radical (unpaired) electrons. The van der Waals surface area contributed by atoms with Crippen molar-refractivity contribution in [2.75, 3.05) is 0 Å². The Hall–Kier alpha value is -1.84. The Balaban J connectivity index is 2.31. The van der Waals surface area contributed by atoms with Gasteiger partial charge in [0.2, 0.25) is 0 Å². The first-order chi connectivity index (χ1) is 8.10. The van der Waals surface area contributed by atoms with Crippen molar-refractivity contribution in [3.05, 3.63) is 51.7 Å². The first kappa shape index (κ1) is 11.6. The second kappa shape index (κ2) is 4.57. The lowest BCUT2D eigenvalue weighted by molar-refractivity contribution is 0.648. The highest BCUT2D eigenvalue weighted by Crippen LogP contribution is 2.05. The summed E-state index contributed by atoms with van der Waals surface area (Å²) < 4.78 is 3.54. The Morgan fingerprint density at radius 3 is 2.71 bits per heavy atom. The van der Waals surface area contributed by atoms with Gasteiger partial charge in [-0.3, -0.25) is 9.48 Å². The molecule has 0 N–H and O–H groups in total. The summed E-state index contributed by atoms with van der Waals surface area (Å²) >= 11 is 0. The van der Waals surface area contributed by atoms with E-state index in [1.54, 1.807) is 10.6 Å². The molecule has 0 spiro atoms. The van der Waals surface area contributed by atoms with Crippen LogP contribution in [0.3, 0.4) is 0 Å². The normalized spacial score (nSPS) is 10.8. The molecule has 0 aromatic carbocycles. The zero-order chi connectivity index (χ0) is 12.4. The van der Waals surface area contributed by atoms with Gasteiger partial charge in [0.1, 0.15) is 0 Å². The van der Waals surface area contributed by atoms with E-state index >= 15 is 0 Å². The predicted molar refractivity (Wildman–Crippen MR) is 67.1 cm³/mol. The van der Waals surface area contributed by atoms with Gasteiger partial charge in [-0.1, -0.05) is 6.92 Å². The number of hydrogen-bond donors (Lipinski definition) is 0. The molecular weight excluding hydrogens is 214 g/mol. The fourth-order valence-electron chi connectivity index (χ4n) is 1.80. The largest absolute Gasteiger partial charge is 0.310 e. The Kier molecular flexibility index (Phi) is 3.13. The molecule has 2 heterocycles. The lowest BCUT2D eigenvalue weighted by Crippen LogP contribution is -2.20. The van der Waals surface area contributed by atoms with Crippen molar-refractivity contribution in [3.8, 4) is 0 Å². The van der Waals surface area contributed by atoms with E-state index in [9.17, 15) is 4.79 Å². The highest BCUT2D eigenvalue weighted by atomic mass is 16.1. The van der Waals surface area contributed by atoms with Gasteiger partial charge in [0.15, 0.2) is 0 Å². The summed E-state index contributed by atoms with van der Waals surface area (Å²) in [6, 6.07) is 5.64. The van der Waals surface area contributed by atoms with E-state index in [4.69, 9.17) is 0 Å². The predicted octanol–water partition coefficient (Wildman–Crippen LogP) is 1.50. The van der Waals surface area contributed by atoms with Gasteiger partial charge < -0.3 is 4.57 Å². The molecule has 0 atom stereocenters. The molecule has 0 saturated heterocycles. The minimum absolute atomic E-state index is 0.0317. The average molecular weight is 231 g/mol. The molecule has 4 heteroatoms. The van der Waals surface area contributed by atoms with Crippen molar-refractivity contribution in [1.82, 2.24) is 14.3 Å². The van der Waals surface area contributed by atoms with Gasteiger partial charge >= 0.3 is 0 Å². The summed E-state index contributed by atoms with van der Waals surface area (Å²) in [6.07, 6.45) is 2.74. The van der Waals surface area contributed by atoms with E-state index in [2.05, 4.69) is 12.0 Å². The van der Waals surface area contributed by atoms with E-state index in [-0.39, 0.29) is 5.56 Å². The molecule has 17 heavy (non-hydrogen) atoms. The number of rotatable bonds is 3. The Labute approximate surface area is 101 Å². The van der Waals surface area contributed by atoms with E-state index in [1.165, 1.54) is 0 Å². The van der Waals surface area contributed by atoms with Gasteiger partial charge in [0.05, 0.1) is 17.9 Å². The fourth-order valence-corrected chi connectivity index (χ4v) is 1.80. The van der Waals surface area contributed by atoms with Crippen LogP contribution in [-0.2, 0) is 20.0 Å². The number of aryl methyl sites for hydroxylation is 3. The van der Waals surface area contributed by atoms with Gasteiger partial charge in [0.25, 0.3) is 5.56 Å². The standard InChI is InChI=1S/C13H17N3O/c1-4-11-8-12(15(3)14-11)9-16-6-5-10(2)7-13(16)17/h5-8H,4,9H2,1-3H3. The third kappa shape index (κ3) is 2.46. The van der Waals surface area contributed by atoms with Crippen LogP contribution >= 0.6 is 0 Å². The van der Waals surface area contributed by atoms with Crippen molar-refractivity contribution in [3.63, 3.8) is 0 Å². The van der Waals surface area contributed by atoms with Crippen LogP contribution in [0.2, 0.25) is 0 Å². The van der Waals surface area contributed by atoms with Gasteiger partial charge in [-0.25, -0.2) is 0 Å². The molecule has 2 aromatic heterocycles. The number of hydrogen-bond acceptors (Lipinski definition) is 2. The van der Waals surface area contributed by atoms with Crippen LogP contribution in [0.4, 0.5) is 0 Å². The van der Waals surface area contributed by atoms with Gasteiger partial charge in [0, 0.05) is 19.3 Å². The molecular formula is C13H17N3O. The van der Waals surface area contributed by atoms with Crippen LogP contribution in [0, 0.1) is 6.92 Å². The van der Waals surface area contributed by atoms with Crippen LogP contribution in [0.15, 0.2) is 29.2 Å². The molecule has 90 valence electrons. The highest BCUT2D eigenvalue weighted by Gasteiger charge is 2.05. The molecule has 0 bridgehead atoms. The molecule has 0 amide bonds. The zero-order valence-corrected chi connectivity index (χ0v) is 10.5. The molecule has 0 aliphatic heterocycles. The first-order valence-corrected chi connectivity index (χ1v) is 5.79. The van der Waals surface area contributed by atoms with Gasteiger partial charge in [-0.2, -0.15) is 5.10 Å². The maximum atomic E-state index is 11.8. The molecule has 0 aliphatic carbocycles. The SMILES string of the molecule is CCc1cc(Cn2ccc(C)cc2=O)n(C)n1. The van der Waals surface area contributed by atoms with Crippen LogP contribution in [-0.4, -0.2) is 14.3 Å². The monoisotopic (exact) mass is 231 g/mol. The van der Waals surface area contributed by atoms with Crippen LogP contribution in [0.25, 0.3) is 0 Å². The van der Waals surface area contributed by atoms with Crippen LogP contribution in [0.1, 0.15) is 23.9 Å². The number of pyridine rings is 1. The maximum absolute atomic E-state index is 11.8. The van der Waals surface area contributed by atoms with Crippen molar-refractivity contribution < 1.29 is 0 Å². The Morgan fingerprint density at radius 2 is 2.12 bits per heavy atom. The second-order valence-electron chi connectivity index (χ2n) is 4.27. The molecule has 2 rings (SSSR count). The lowest BCUT2D eigenvalue weighted by atomic mass is 10.3. The van der Waals surface area contributed by atoms with Crippen LogP contribution < -0.4 is 5.56 Å². The van der Waals surface area contributed by atoms with Crippen LogP contribution in [0.5, 0.6) is 0 Å². The Bertz CT molecular complexity index is 581. The fraction of sp³-hybridized carbons (Fsp3) is 0.385. The summed E-state index contributed by atoms with van der Waals surface area (Å²) in [5.41, 5.74) is 3.13. The van der Waals surface area contributed by atoms with Crippen molar-refractivity contribution in [1.29, 1.82) is 0 Å². The van der Waals surface area contributed by atoms with Gasteiger partial charge in [-0.05, 0) is 31.0 Å². The van der Waals surface area contributed by atoms with E-state index < -0.39 is 0 Å². The number of nitrogens with zero attached hydrogens (tertiary/aromatic N) is 3. The second-order valence-corrected chi connectivity index (χ2v) is 4.27. The molecule has 0 fully saturated rings. The van der Waals surface area contributed by atoms with Crippen molar-refractivity contribution in [2.24, 2.45) is 7.05 Å².